The molecule has 0 radical (unpaired) electrons. The summed E-state index contributed by atoms with van der Waals surface area (Å²) in [5.41, 5.74) is 3.46. The maximum absolute atomic E-state index is 13.0. The maximum Gasteiger partial charge on any atom is 0.325 e. The molecule has 1 fully saturated rings. The van der Waals surface area contributed by atoms with Crippen molar-refractivity contribution < 1.29 is 9.90 Å². The predicted octanol–water partition coefficient (Wildman–Crippen LogP) is 6.41. The maximum atomic E-state index is 13.0. The number of hydrogen-bond donors (Lipinski definition) is 3. The van der Waals surface area contributed by atoms with E-state index < -0.39 is 6.03 Å². The van der Waals surface area contributed by atoms with E-state index in [1.165, 1.54) is 0 Å². The van der Waals surface area contributed by atoms with Crippen molar-refractivity contribution in [3.8, 4) is 11.8 Å². The van der Waals surface area contributed by atoms with E-state index in [1.807, 2.05) is 38.1 Å². The number of rotatable bonds is 5. The van der Waals surface area contributed by atoms with Gasteiger partial charge in [-0.05, 0) is 55.6 Å². The summed E-state index contributed by atoms with van der Waals surface area (Å²) in [7, 11) is 0. The Bertz CT molecular complexity index is 1440. The minimum Gasteiger partial charge on any atom is -0.506 e. The van der Waals surface area contributed by atoms with Gasteiger partial charge < -0.3 is 20.2 Å². The van der Waals surface area contributed by atoms with Crippen LogP contribution >= 0.6 is 11.5 Å². The average molecular weight is 560 g/mol. The Labute approximate surface area is 240 Å². The number of likely N-dealkylation sites (tertiary alicyclic amines) is 1. The zero-order valence-corrected chi connectivity index (χ0v) is 24.6. The van der Waals surface area contributed by atoms with E-state index in [0.717, 1.165) is 55.3 Å². The fourth-order valence-corrected chi connectivity index (χ4v) is 6.66. The number of aromatic hydroxyl groups is 1. The Kier molecular flexibility index (Phi) is 7.46. The Hall–Kier alpha value is -3.68. The van der Waals surface area contributed by atoms with Crippen LogP contribution in [-0.2, 0) is 5.41 Å². The lowest BCUT2D eigenvalue weighted by Gasteiger charge is -2.42. The number of carbonyl (C=O) groups excluding carboxylic acids is 1. The molecule has 0 bridgehead atoms. The van der Waals surface area contributed by atoms with E-state index in [4.69, 9.17) is 0 Å². The summed E-state index contributed by atoms with van der Waals surface area (Å²) in [6.07, 6.45) is 1.77. The number of para-hydroxylation sites is 2. The molecule has 9 nitrogen and oxygen atoms in total. The number of phenols is 1. The van der Waals surface area contributed by atoms with Crippen LogP contribution < -0.4 is 15.5 Å². The number of phenolic OH excluding ortho intramolecular Hbond substituents is 1. The second-order valence-corrected chi connectivity index (χ2v) is 13.1. The van der Waals surface area contributed by atoms with Gasteiger partial charge in [-0.3, -0.25) is 5.32 Å². The number of carbonyl (C=O) groups is 1. The number of amides is 2. The molecule has 2 amide bonds. The number of nitrogens with zero attached hydrogens (tertiary/aromatic N) is 5. The second kappa shape index (κ2) is 10.7. The van der Waals surface area contributed by atoms with E-state index in [2.05, 4.69) is 56.6 Å². The Morgan fingerprint density at radius 3 is 2.55 bits per heavy atom. The van der Waals surface area contributed by atoms with Crippen molar-refractivity contribution in [2.24, 2.45) is 5.41 Å². The smallest absolute Gasteiger partial charge is 0.325 e. The number of anilines is 4. The quantitative estimate of drug-likeness (QED) is 0.330. The number of nitriles is 1. The van der Waals surface area contributed by atoms with Crippen molar-refractivity contribution >= 4 is 39.8 Å². The first kappa shape index (κ1) is 27.9. The molecule has 0 saturated carbocycles. The van der Waals surface area contributed by atoms with E-state index >= 15 is 0 Å². The molecular weight excluding hydrogens is 522 g/mol. The summed E-state index contributed by atoms with van der Waals surface area (Å²) in [5, 5.41) is 27.4. The van der Waals surface area contributed by atoms with E-state index in [1.54, 1.807) is 12.1 Å². The third kappa shape index (κ3) is 5.49. The van der Waals surface area contributed by atoms with Crippen LogP contribution in [0.3, 0.4) is 0 Å². The van der Waals surface area contributed by atoms with Gasteiger partial charge in [-0.15, -0.1) is 0 Å². The van der Waals surface area contributed by atoms with Gasteiger partial charge in [-0.25, -0.2) is 9.78 Å². The van der Waals surface area contributed by atoms with Crippen molar-refractivity contribution in [1.82, 2.24) is 14.3 Å². The van der Waals surface area contributed by atoms with Crippen LogP contribution in [0.4, 0.5) is 27.0 Å². The van der Waals surface area contributed by atoms with E-state index in [0.29, 0.717) is 34.4 Å². The summed E-state index contributed by atoms with van der Waals surface area (Å²) < 4.78 is 4.30. The normalized spacial score (nSPS) is 16.7. The lowest BCUT2D eigenvalue weighted by Crippen LogP contribution is -2.47. The van der Waals surface area contributed by atoms with Gasteiger partial charge in [-0.1, -0.05) is 46.8 Å². The molecule has 10 heteroatoms. The first-order chi connectivity index (χ1) is 19.0. The summed E-state index contributed by atoms with van der Waals surface area (Å²) in [5.74, 6) is 0.999. The fourth-order valence-electron chi connectivity index (χ4n) is 5.95. The average Bonchev–Trinajstić information content (AvgIpc) is 3.49. The number of aromatic nitrogens is 2. The molecule has 3 aromatic rings. The zero-order chi connectivity index (χ0) is 28.7. The van der Waals surface area contributed by atoms with Gasteiger partial charge in [0, 0.05) is 41.5 Å². The van der Waals surface area contributed by atoms with Gasteiger partial charge in [0.15, 0.2) is 0 Å². The third-order valence-corrected chi connectivity index (χ3v) is 8.32. The highest BCUT2D eigenvalue weighted by molar-refractivity contribution is 7.09. The van der Waals surface area contributed by atoms with Crippen LogP contribution in [0.1, 0.15) is 70.3 Å². The minimum atomic E-state index is -0.418. The molecule has 0 atom stereocenters. The standard InChI is InChI=1S/C30H37N7O2S/c1-19(2)26-33-28(40-35-26)34-27(39)32-21-8-6-7-9-22(21)37-18-30(12-14-36(15-13-30)17-29(3,4)5)24-20(16-31)10-11-23(38)25(24)37/h6-11,19,38H,12-15,17-18H2,1-5H3,(H2,32,33,34,35,39). The molecule has 0 unspecified atom stereocenters. The van der Waals surface area contributed by atoms with Crippen molar-refractivity contribution in [1.29, 1.82) is 5.26 Å². The van der Waals surface area contributed by atoms with Crippen LogP contribution in [0.2, 0.25) is 0 Å². The number of hydrogen-bond acceptors (Lipinski definition) is 8. The highest BCUT2D eigenvalue weighted by Gasteiger charge is 2.48. The van der Waals surface area contributed by atoms with Crippen LogP contribution in [-0.4, -0.2) is 51.6 Å². The molecule has 1 spiro atoms. The van der Waals surface area contributed by atoms with E-state index in [-0.39, 0.29) is 22.5 Å². The first-order valence-corrected chi connectivity index (χ1v) is 14.5. The van der Waals surface area contributed by atoms with Crippen LogP contribution in [0.5, 0.6) is 5.75 Å². The van der Waals surface area contributed by atoms with Gasteiger partial charge in [0.2, 0.25) is 5.13 Å². The van der Waals surface area contributed by atoms with Crippen LogP contribution in [0, 0.1) is 16.7 Å². The molecule has 2 aliphatic heterocycles. The highest BCUT2D eigenvalue weighted by atomic mass is 32.1. The van der Waals surface area contributed by atoms with Crippen molar-refractivity contribution in [2.75, 3.05) is 41.7 Å². The molecule has 3 N–H and O–H groups in total. The number of nitrogens with one attached hydrogen (secondary N) is 2. The van der Waals surface area contributed by atoms with Gasteiger partial charge in [0.05, 0.1) is 28.7 Å². The summed E-state index contributed by atoms with van der Waals surface area (Å²) in [6, 6.07) is 12.9. The SMILES string of the molecule is CC(C)c1nsc(NC(=O)Nc2ccccc2N2CC3(CCN(CC(C)(C)C)CC3)c3c(C#N)ccc(O)c32)n1. The molecule has 1 aromatic heterocycles. The van der Waals surface area contributed by atoms with Crippen molar-refractivity contribution in [3.05, 3.63) is 53.3 Å². The molecule has 0 aliphatic carbocycles. The summed E-state index contributed by atoms with van der Waals surface area (Å²) >= 11 is 1.15. The third-order valence-electron chi connectivity index (χ3n) is 7.67. The Morgan fingerprint density at radius 1 is 1.18 bits per heavy atom. The van der Waals surface area contributed by atoms with E-state index in [9.17, 15) is 15.2 Å². The van der Waals surface area contributed by atoms with Crippen molar-refractivity contribution in [3.63, 3.8) is 0 Å². The minimum absolute atomic E-state index is 0.136. The lowest BCUT2D eigenvalue weighted by atomic mass is 9.72. The molecule has 210 valence electrons. The molecule has 2 aliphatic rings. The first-order valence-electron chi connectivity index (χ1n) is 13.8. The topological polar surface area (TPSA) is 117 Å². The number of benzene rings is 2. The van der Waals surface area contributed by atoms with Crippen LogP contribution in [0.25, 0.3) is 0 Å². The van der Waals surface area contributed by atoms with Gasteiger partial charge >= 0.3 is 6.03 Å². The lowest BCUT2D eigenvalue weighted by molar-refractivity contribution is 0.125. The highest BCUT2D eigenvalue weighted by Crippen LogP contribution is 2.55. The zero-order valence-electron chi connectivity index (χ0n) is 23.8. The van der Waals surface area contributed by atoms with Crippen molar-refractivity contribution in [2.45, 2.75) is 58.8 Å². The number of urea groups is 1. The van der Waals surface area contributed by atoms with Crippen LogP contribution in [0.15, 0.2) is 36.4 Å². The number of fused-ring (bicyclic) bond motifs is 2. The summed E-state index contributed by atoms with van der Waals surface area (Å²) in [6.45, 7) is 14.3. The fraction of sp³-hybridized carbons (Fsp3) is 0.467. The molecule has 40 heavy (non-hydrogen) atoms. The molecule has 3 heterocycles. The van der Waals surface area contributed by atoms with Gasteiger partial charge in [0.25, 0.3) is 0 Å². The molecule has 2 aromatic carbocycles. The van der Waals surface area contributed by atoms with Gasteiger partial charge in [0.1, 0.15) is 11.6 Å². The molecular formula is C30H37N7O2S. The number of piperidine rings is 1. The monoisotopic (exact) mass is 559 g/mol. The molecule has 1 saturated heterocycles. The Balaban J connectivity index is 1.45. The largest absolute Gasteiger partial charge is 0.506 e. The Morgan fingerprint density at radius 2 is 1.90 bits per heavy atom. The predicted molar refractivity (Wildman–Crippen MR) is 160 cm³/mol. The van der Waals surface area contributed by atoms with Gasteiger partial charge in [-0.2, -0.15) is 9.64 Å². The summed E-state index contributed by atoms with van der Waals surface area (Å²) in [4.78, 5) is 22.0. The second-order valence-electron chi connectivity index (χ2n) is 12.4. The molecule has 5 rings (SSSR count).